The lowest BCUT2D eigenvalue weighted by Crippen LogP contribution is -2.22. The van der Waals surface area contributed by atoms with Crippen LogP contribution in [0, 0.1) is 6.92 Å². The Bertz CT molecular complexity index is 702. The number of nitrogens with zero attached hydrogens (tertiary/aromatic N) is 3. The Hall–Kier alpha value is -1.40. The van der Waals surface area contributed by atoms with Gasteiger partial charge in [-0.15, -0.1) is 0 Å². The lowest BCUT2D eigenvalue weighted by molar-refractivity contribution is 0.518. The summed E-state index contributed by atoms with van der Waals surface area (Å²) in [7, 11) is -0.469. The van der Waals surface area contributed by atoms with E-state index in [1.807, 2.05) is 29.7 Å². The summed E-state index contributed by atoms with van der Waals surface area (Å²) < 4.78 is 27.7. The molecule has 0 fully saturated rings. The largest absolute Gasteiger partial charge is 0.302 e. The van der Waals surface area contributed by atoms with Crippen LogP contribution in [0.3, 0.4) is 0 Å². The second-order valence-corrected chi connectivity index (χ2v) is 6.90. The van der Waals surface area contributed by atoms with Crippen LogP contribution in [-0.4, -0.2) is 36.2 Å². The van der Waals surface area contributed by atoms with Crippen molar-refractivity contribution in [2.24, 2.45) is 0 Å². The van der Waals surface area contributed by atoms with Crippen molar-refractivity contribution >= 4 is 15.5 Å². The summed E-state index contributed by atoms with van der Waals surface area (Å²) in [5.74, 6) is 0.790. The molecule has 0 unspecified atom stereocenters. The summed E-state index contributed by atoms with van der Waals surface area (Å²) in [6.45, 7) is 3.99. The average molecular weight is 281 g/mol. The van der Waals surface area contributed by atoms with E-state index in [0.29, 0.717) is 5.52 Å². The van der Waals surface area contributed by atoms with Gasteiger partial charge in [0.2, 0.25) is 0 Å². The van der Waals surface area contributed by atoms with E-state index in [-0.39, 0.29) is 5.03 Å². The predicted molar refractivity (Wildman–Crippen MR) is 74.8 cm³/mol. The number of rotatable bonds is 4. The number of hydrogen-bond acceptors (Lipinski definition) is 3. The molecule has 2 rings (SSSR count). The number of imidazole rings is 1. The third-order valence-electron chi connectivity index (χ3n) is 3.04. The highest BCUT2D eigenvalue weighted by molar-refractivity contribution is 7.89. The van der Waals surface area contributed by atoms with Gasteiger partial charge in [-0.2, -0.15) is 0 Å². The highest BCUT2D eigenvalue weighted by Crippen LogP contribution is 2.22. The van der Waals surface area contributed by atoms with Gasteiger partial charge >= 0.3 is 0 Å². The fraction of sp³-hybridized carbons (Fsp3) is 0.462. The first-order valence-corrected chi connectivity index (χ1v) is 7.72. The molecular formula is C13H19N3O2S. The molecule has 5 nitrogen and oxygen atoms in total. The normalized spacial score (nSPS) is 12.5. The summed E-state index contributed by atoms with van der Waals surface area (Å²) in [4.78, 5) is 4.35. The molecule has 2 aromatic rings. The molecule has 6 heteroatoms. The van der Waals surface area contributed by atoms with E-state index in [9.17, 15) is 8.42 Å². The van der Waals surface area contributed by atoms with Gasteiger partial charge in [0.15, 0.2) is 5.03 Å². The summed E-state index contributed by atoms with van der Waals surface area (Å²) in [6.07, 6.45) is 3.57. The minimum absolute atomic E-state index is 0.143. The highest BCUT2D eigenvalue weighted by atomic mass is 32.2. The van der Waals surface area contributed by atoms with Crippen LogP contribution < -0.4 is 0 Å². The summed E-state index contributed by atoms with van der Waals surface area (Å²) in [6, 6.07) is 3.82. The van der Waals surface area contributed by atoms with E-state index in [4.69, 9.17) is 0 Å². The molecule has 2 aromatic heterocycles. The van der Waals surface area contributed by atoms with E-state index < -0.39 is 10.0 Å². The third-order valence-corrected chi connectivity index (χ3v) is 4.79. The summed E-state index contributed by atoms with van der Waals surface area (Å²) in [5, 5.41) is 0.143. The maximum Gasteiger partial charge on any atom is 0.262 e. The van der Waals surface area contributed by atoms with Crippen molar-refractivity contribution in [3.63, 3.8) is 0 Å². The van der Waals surface area contributed by atoms with Gasteiger partial charge in [-0.3, -0.25) is 0 Å². The van der Waals surface area contributed by atoms with E-state index in [2.05, 4.69) is 11.9 Å². The zero-order chi connectivity index (χ0) is 14.2. The molecule has 0 spiro atoms. The van der Waals surface area contributed by atoms with Crippen molar-refractivity contribution in [2.75, 3.05) is 14.1 Å². The van der Waals surface area contributed by atoms with Crippen LogP contribution in [0.5, 0.6) is 0 Å². The zero-order valence-electron chi connectivity index (χ0n) is 11.7. The molecular weight excluding hydrogens is 262 g/mol. The minimum atomic E-state index is -3.52. The number of aryl methyl sites for hydroxylation is 2. The molecule has 0 saturated heterocycles. The van der Waals surface area contributed by atoms with Crippen molar-refractivity contribution in [3.05, 3.63) is 29.7 Å². The SMILES string of the molecule is CCCc1nc(S(=O)(=O)N(C)C)c2cc(C)ccn12. The van der Waals surface area contributed by atoms with Gasteiger partial charge < -0.3 is 4.40 Å². The number of aromatic nitrogens is 2. The fourth-order valence-corrected chi connectivity index (χ4v) is 2.97. The molecule has 104 valence electrons. The number of fused-ring (bicyclic) bond motifs is 1. The Balaban J connectivity index is 2.78. The van der Waals surface area contributed by atoms with Crippen molar-refractivity contribution < 1.29 is 8.42 Å². The van der Waals surface area contributed by atoms with E-state index in [1.165, 1.54) is 18.4 Å². The van der Waals surface area contributed by atoms with Crippen LogP contribution in [0.25, 0.3) is 5.52 Å². The lowest BCUT2D eigenvalue weighted by Gasteiger charge is -2.09. The molecule has 0 aliphatic rings. The second-order valence-electron chi connectivity index (χ2n) is 4.83. The van der Waals surface area contributed by atoms with E-state index >= 15 is 0 Å². The first-order valence-electron chi connectivity index (χ1n) is 6.28. The van der Waals surface area contributed by atoms with Gasteiger partial charge in [0.1, 0.15) is 5.82 Å². The third kappa shape index (κ3) is 2.37. The molecule has 0 aliphatic heterocycles. The molecule has 0 aliphatic carbocycles. The van der Waals surface area contributed by atoms with Crippen LogP contribution >= 0.6 is 0 Å². The number of pyridine rings is 1. The molecule has 0 amide bonds. The van der Waals surface area contributed by atoms with Gasteiger partial charge in [-0.1, -0.05) is 6.92 Å². The first-order chi connectivity index (χ1) is 8.87. The van der Waals surface area contributed by atoms with Crippen molar-refractivity contribution in [1.82, 2.24) is 13.7 Å². The van der Waals surface area contributed by atoms with Gasteiger partial charge in [0.25, 0.3) is 10.0 Å². The molecule has 19 heavy (non-hydrogen) atoms. The molecule has 0 aromatic carbocycles. The van der Waals surface area contributed by atoms with Crippen LogP contribution in [0.1, 0.15) is 24.7 Å². The van der Waals surface area contributed by atoms with Crippen molar-refractivity contribution in [2.45, 2.75) is 31.7 Å². The minimum Gasteiger partial charge on any atom is -0.302 e. The van der Waals surface area contributed by atoms with E-state index in [1.54, 1.807) is 0 Å². The molecule has 0 saturated carbocycles. The molecule has 0 radical (unpaired) electrons. The Morgan fingerprint density at radius 1 is 1.37 bits per heavy atom. The van der Waals surface area contributed by atoms with Crippen LogP contribution in [-0.2, 0) is 16.4 Å². The average Bonchev–Trinajstić information content (AvgIpc) is 2.68. The highest BCUT2D eigenvalue weighted by Gasteiger charge is 2.25. The summed E-state index contributed by atoms with van der Waals surface area (Å²) >= 11 is 0. The smallest absolute Gasteiger partial charge is 0.262 e. The number of hydrogen-bond donors (Lipinski definition) is 0. The maximum atomic E-state index is 12.3. The standard InChI is InChI=1S/C13H19N3O2S/c1-5-6-12-14-13(19(17,18)15(3)4)11-9-10(2)7-8-16(11)12/h7-9H,5-6H2,1-4H3. The van der Waals surface area contributed by atoms with E-state index in [0.717, 1.165) is 24.2 Å². The van der Waals surface area contributed by atoms with Crippen molar-refractivity contribution in [1.29, 1.82) is 0 Å². The van der Waals surface area contributed by atoms with Crippen molar-refractivity contribution in [3.8, 4) is 0 Å². The van der Waals surface area contributed by atoms with Gasteiger partial charge in [-0.25, -0.2) is 17.7 Å². The Labute approximate surface area is 113 Å². The maximum absolute atomic E-state index is 12.3. The van der Waals surface area contributed by atoms with Gasteiger partial charge in [0, 0.05) is 26.7 Å². The Kier molecular flexibility index (Phi) is 3.64. The molecule has 2 heterocycles. The Morgan fingerprint density at radius 2 is 2.05 bits per heavy atom. The van der Waals surface area contributed by atoms with Crippen LogP contribution in [0.2, 0.25) is 0 Å². The van der Waals surface area contributed by atoms with Gasteiger partial charge in [-0.05, 0) is 31.0 Å². The fourth-order valence-electron chi connectivity index (χ4n) is 1.99. The molecule has 0 atom stereocenters. The summed E-state index contributed by atoms with van der Waals surface area (Å²) in [5.41, 5.74) is 1.67. The second kappa shape index (κ2) is 4.94. The lowest BCUT2D eigenvalue weighted by atomic mass is 10.3. The quantitative estimate of drug-likeness (QED) is 0.859. The Morgan fingerprint density at radius 3 is 2.63 bits per heavy atom. The monoisotopic (exact) mass is 281 g/mol. The molecule has 0 N–H and O–H groups in total. The predicted octanol–water partition coefficient (Wildman–Crippen LogP) is 1.85. The zero-order valence-corrected chi connectivity index (χ0v) is 12.5. The van der Waals surface area contributed by atoms with Crippen LogP contribution in [0.4, 0.5) is 0 Å². The van der Waals surface area contributed by atoms with Crippen LogP contribution in [0.15, 0.2) is 23.4 Å². The van der Waals surface area contributed by atoms with Gasteiger partial charge in [0.05, 0.1) is 5.52 Å². The molecule has 0 bridgehead atoms. The number of sulfonamides is 1. The topological polar surface area (TPSA) is 54.7 Å². The first kappa shape index (κ1) is 14.0.